The van der Waals surface area contributed by atoms with Crippen molar-refractivity contribution in [1.82, 2.24) is 0 Å². The van der Waals surface area contributed by atoms with Crippen LogP contribution in [-0.2, 0) is 0 Å². The summed E-state index contributed by atoms with van der Waals surface area (Å²) in [5, 5.41) is 9.91. The Labute approximate surface area is 102 Å². The second-order valence-electron chi connectivity index (χ2n) is 3.99. The van der Waals surface area contributed by atoms with E-state index in [-0.39, 0.29) is 0 Å². The van der Waals surface area contributed by atoms with Crippen LogP contribution in [0.1, 0.15) is 31.4 Å². The third-order valence-electron chi connectivity index (χ3n) is 2.80. The van der Waals surface area contributed by atoms with Crippen LogP contribution in [0.5, 0.6) is 11.5 Å². The Kier molecular flexibility index (Phi) is 5.25. The minimum absolute atomic E-state index is 0.434. The third-order valence-corrected chi connectivity index (χ3v) is 2.80. The fourth-order valence-electron chi connectivity index (χ4n) is 1.78. The fourth-order valence-corrected chi connectivity index (χ4v) is 1.78. The van der Waals surface area contributed by atoms with Crippen molar-refractivity contribution in [1.29, 1.82) is 0 Å². The molecule has 4 nitrogen and oxygen atoms in total. The Hall–Kier alpha value is -1.26. The van der Waals surface area contributed by atoms with Crippen molar-refractivity contribution in [3.05, 3.63) is 23.8 Å². The lowest BCUT2D eigenvalue weighted by Crippen LogP contribution is -2.26. The van der Waals surface area contributed by atoms with Gasteiger partial charge in [0.05, 0.1) is 26.4 Å². The summed E-state index contributed by atoms with van der Waals surface area (Å²) in [6, 6.07) is 4.99. The molecule has 0 aromatic heterocycles. The van der Waals surface area contributed by atoms with Crippen LogP contribution in [0.4, 0.5) is 0 Å². The molecule has 0 radical (unpaired) electrons. The summed E-state index contributed by atoms with van der Waals surface area (Å²) in [7, 11) is 3.18. The predicted molar refractivity (Wildman–Crippen MR) is 67.4 cm³/mol. The Morgan fingerprint density at radius 1 is 1.29 bits per heavy atom. The smallest absolute Gasteiger partial charge is 0.127 e. The maximum Gasteiger partial charge on any atom is 0.127 e. The van der Waals surface area contributed by atoms with E-state index < -0.39 is 12.1 Å². The standard InChI is InChI=1S/C13H21NO3/c1-4-5-11(15)13(14)10-7-6-9(16-2)8-12(10)17-3/h6-8,11,13,15H,4-5,14H2,1-3H3/t11-,13+/m1/s1. The van der Waals surface area contributed by atoms with E-state index in [4.69, 9.17) is 15.2 Å². The van der Waals surface area contributed by atoms with Crippen LogP contribution in [0.25, 0.3) is 0 Å². The van der Waals surface area contributed by atoms with Crippen LogP contribution >= 0.6 is 0 Å². The maximum absolute atomic E-state index is 9.91. The van der Waals surface area contributed by atoms with Crippen LogP contribution < -0.4 is 15.2 Å². The average molecular weight is 239 g/mol. The van der Waals surface area contributed by atoms with Crippen LogP contribution in [0.15, 0.2) is 18.2 Å². The van der Waals surface area contributed by atoms with E-state index in [9.17, 15) is 5.11 Å². The Bertz CT molecular complexity index is 355. The molecule has 0 saturated heterocycles. The molecule has 2 atom stereocenters. The van der Waals surface area contributed by atoms with Crippen molar-refractivity contribution in [2.24, 2.45) is 5.73 Å². The molecular formula is C13H21NO3. The van der Waals surface area contributed by atoms with E-state index in [1.165, 1.54) is 0 Å². The fraction of sp³-hybridized carbons (Fsp3) is 0.538. The average Bonchev–Trinajstić information content (AvgIpc) is 2.37. The van der Waals surface area contributed by atoms with Gasteiger partial charge in [-0.2, -0.15) is 0 Å². The number of hydrogen-bond donors (Lipinski definition) is 2. The van der Waals surface area contributed by atoms with Crippen molar-refractivity contribution >= 4 is 0 Å². The highest BCUT2D eigenvalue weighted by Gasteiger charge is 2.19. The zero-order valence-electron chi connectivity index (χ0n) is 10.6. The summed E-state index contributed by atoms with van der Waals surface area (Å²) < 4.78 is 10.4. The van der Waals surface area contributed by atoms with E-state index in [0.717, 1.165) is 12.0 Å². The Balaban J connectivity index is 2.96. The number of aliphatic hydroxyl groups is 1. The molecule has 0 bridgehead atoms. The first-order chi connectivity index (χ1) is 8.13. The normalized spacial score (nSPS) is 14.2. The zero-order chi connectivity index (χ0) is 12.8. The molecule has 96 valence electrons. The molecule has 4 heteroatoms. The van der Waals surface area contributed by atoms with Gasteiger partial charge < -0.3 is 20.3 Å². The first-order valence-electron chi connectivity index (χ1n) is 5.79. The van der Waals surface area contributed by atoms with Crippen molar-refractivity contribution in [3.8, 4) is 11.5 Å². The number of hydrogen-bond acceptors (Lipinski definition) is 4. The molecule has 0 heterocycles. The monoisotopic (exact) mass is 239 g/mol. The summed E-state index contributed by atoms with van der Waals surface area (Å²) in [5.74, 6) is 1.36. The quantitative estimate of drug-likeness (QED) is 0.795. The molecule has 0 aliphatic heterocycles. The van der Waals surface area contributed by atoms with Gasteiger partial charge in [0.25, 0.3) is 0 Å². The van der Waals surface area contributed by atoms with Gasteiger partial charge in [0.15, 0.2) is 0 Å². The molecule has 0 saturated carbocycles. The molecule has 0 amide bonds. The number of methoxy groups -OCH3 is 2. The molecule has 0 spiro atoms. The highest BCUT2D eigenvalue weighted by atomic mass is 16.5. The van der Waals surface area contributed by atoms with Gasteiger partial charge in [-0.3, -0.25) is 0 Å². The van der Waals surface area contributed by atoms with Crippen LogP contribution in [0.2, 0.25) is 0 Å². The molecule has 0 aliphatic carbocycles. The molecule has 0 unspecified atom stereocenters. The van der Waals surface area contributed by atoms with Gasteiger partial charge in [-0.1, -0.05) is 13.3 Å². The van der Waals surface area contributed by atoms with E-state index >= 15 is 0 Å². The number of ether oxygens (including phenoxy) is 2. The maximum atomic E-state index is 9.91. The molecule has 17 heavy (non-hydrogen) atoms. The lowest BCUT2D eigenvalue weighted by molar-refractivity contribution is 0.133. The number of aliphatic hydroxyl groups excluding tert-OH is 1. The van der Waals surface area contributed by atoms with E-state index in [1.54, 1.807) is 20.3 Å². The van der Waals surface area contributed by atoms with Crippen molar-refractivity contribution in [2.75, 3.05) is 14.2 Å². The number of benzene rings is 1. The largest absolute Gasteiger partial charge is 0.497 e. The zero-order valence-corrected chi connectivity index (χ0v) is 10.6. The molecule has 3 N–H and O–H groups in total. The van der Waals surface area contributed by atoms with Gasteiger partial charge in [0, 0.05) is 11.6 Å². The van der Waals surface area contributed by atoms with Gasteiger partial charge in [0.2, 0.25) is 0 Å². The summed E-state index contributed by atoms with van der Waals surface area (Å²) in [6.07, 6.45) is 1.02. The summed E-state index contributed by atoms with van der Waals surface area (Å²) in [6.45, 7) is 2.02. The van der Waals surface area contributed by atoms with Gasteiger partial charge in [-0.15, -0.1) is 0 Å². The molecule has 1 aromatic carbocycles. The van der Waals surface area contributed by atoms with E-state index in [2.05, 4.69) is 0 Å². The second-order valence-corrected chi connectivity index (χ2v) is 3.99. The van der Waals surface area contributed by atoms with Crippen LogP contribution in [0, 0.1) is 0 Å². The van der Waals surface area contributed by atoms with Crippen molar-refractivity contribution in [2.45, 2.75) is 31.9 Å². The van der Waals surface area contributed by atoms with Crippen molar-refractivity contribution < 1.29 is 14.6 Å². The minimum Gasteiger partial charge on any atom is -0.497 e. The van der Waals surface area contributed by atoms with Crippen LogP contribution in [0.3, 0.4) is 0 Å². The van der Waals surface area contributed by atoms with E-state index in [1.807, 2.05) is 19.1 Å². The third kappa shape index (κ3) is 3.35. The number of nitrogens with two attached hydrogens (primary N) is 1. The van der Waals surface area contributed by atoms with Crippen LogP contribution in [-0.4, -0.2) is 25.4 Å². The van der Waals surface area contributed by atoms with Gasteiger partial charge in [0.1, 0.15) is 11.5 Å². The number of rotatable bonds is 6. The topological polar surface area (TPSA) is 64.7 Å². The Morgan fingerprint density at radius 3 is 2.53 bits per heavy atom. The SMILES string of the molecule is CCC[C@@H](O)[C@@H](N)c1ccc(OC)cc1OC. The highest BCUT2D eigenvalue weighted by Crippen LogP contribution is 2.30. The van der Waals surface area contributed by atoms with Crippen molar-refractivity contribution in [3.63, 3.8) is 0 Å². The van der Waals surface area contributed by atoms with Gasteiger partial charge >= 0.3 is 0 Å². The minimum atomic E-state index is -0.553. The molecule has 1 aromatic rings. The predicted octanol–water partition coefficient (Wildman–Crippen LogP) is 1.86. The first-order valence-corrected chi connectivity index (χ1v) is 5.79. The van der Waals surface area contributed by atoms with Gasteiger partial charge in [-0.05, 0) is 18.6 Å². The van der Waals surface area contributed by atoms with E-state index in [0.29, 0.717) is 17.9 Å². The lowest BCUT2D eigenvalue weighted by Gasteiger charge is -2.21. The molecule has 0 aliphatic rings. The molecular weight excluding hydrogens is 218 g/mol. The summed E-state index contributed by atoms with van der Waals surface area (Å²) in [4.78, 5) is 0. The Morgan fingerprint density at radius 2 is 2.00 bits per heavy atom. The molecule has 1 rings (SSSR count). The summed E-state index contributed by atoms with van der Waals surface area (Å²) in [5.41, 5.74) is 6.82. The van der Waals surface area contributed by atoms with Gasteiger partial charge in [-0.25, -0.2) is 0 Å². The first kappa shape index (κ1) is 13.8. The highest BCUT2D eigenvalue weighted by molar-refractivity contribution is 5.42. The summed E-state index contributed by atoms with van der Waals surface area (Å²) >= 11 is 0. The lowest BCUT2D eigenvalue weighted by atomic mass is 9.98. The molecule has 0 fully saturated rings. The second kappa shape index (κ2) is 6.47.